The van der Waals surface area contributed by atoms with E-state index in [4.69, 9.17) is 23.2 Å². The number of nitrogens with one attached hydrogen (secondary N) is 1. The zero-order valence-corrected chi connectivity index (χ0v) is 18.1. The van der Waals surface area contributed by atoms with Gasteiger partial charge in [-0.25, -0.2) is 9.37 Å². The third-order valence-electron chi connectivity index (χ3n) is 5.09. The molecule has 0 fully saturated rings. The van der Waals surface area contributed by atoms with E-state index in [0.717, 1.165) is 22.4 Å². The van der Waals surface area contributed by atoms with Gasteiger partial charge >= 0.3 is 0 Å². The molecule has 0 saturated carbocycles. The quantitative estimate of drug-likeness (QED) is 0.403. The number of rotatable bonds is 7. The Balaban J connectivity index is 1.51. The highest BCUT2D eigenvalue weighted by Crippen LogP contribution is 2.24. The summed E-state index contributed by atoms with van der Waals surface area (Å²) in [6, 6.07) is 19.6. The monoisotopic (exact) mass is 455 g/mol. The summed E-state index contributed by atoms with van der Waals surface area (Å²) in [7, 11) is 0. The summed E-state index contributed by atoms with van der Waals surface area (Å²) in [6.45, 7) is 0.659. The van der Waals surface area contributed by atoms with Gasteiger partial charge in [-0.1, -0.05) is 59.6 Å². The number of halogens is 3. The predicted molar refractivity (Wildman–Crippen MR) is 122 cm³/mol. The van der Waals surface area contributed by atoms with Gasteiger partial charge in [-0.15, -0.1) is 0 Å². The molecule has 1 N–H and O–H groups in total. The van der Waals surface area contributed by atoms with Crippen LogP contribution in [0.2, 0.25) is 10.0 Å². The summed E-state index contributed by atoms with van der Waals surface area (Å²) in [5.41, 5.74) is 2.89. The molecule has 0 aliphatic rings. The van der Waals surface area contributed by atoms with Gasteiger partial charge in [-0.05, 0) is 35.9 Å². The van der Waals surface area contributed by atoms with Crippen molar-refractivity contribution in [1.29, 1.82) is 0 Å². The number of amides is 1. The van der Waals surface area contributed by atoms with Crippen molar-refractivity contribution in [2.45, 2.75) is 19.4 Å². The Morgan fingerprint density at radius 3 is 2.52 bits per heavy atom. The van der Waals surface area contributed by atoms with Crippen molar-refractivity contribution in [2.75, 3.05) is 6.54 Å². The van der Waals surface area contributed by atoms with Crippen LogP contribution < -0.4 is 5.32 Å². The Hall–Kier alpha value is -2.89. The first-order chi connectivity index (χ1) is 15.0. The van der Waals surface area contributed by atoms with Crippen LogP contribution in [-0.2, 0) is 24.2 Å². The van der Waals surface area contributed by atoms with Crippen LogP contribution in [0.4, 0.5) is 4.39 Å². The van der Waals surface area contributed by atoms with Gasteiger partial charge in [0.25, 0.3) is 0 Å². The molecular formula is C24H20Cl2FN3O. The summed E-state index contributed by atoms with van der Waals surface area (Å²) in [5, 5.41) is 3.86. The molecule has 31 heavy (non-hydrogen) atoms. The Bertz CT molecular complexity index is 1220. The van der Waals surface area contributed by atoms with Crippen molar-refractivity contribution in [2.24, 2.45) is 0 Å². The van der Waals surface area contributed by atoms with E-state index >= 15 is 0 Å². The highest BCUT2D eigenvalue weighted by molar-refractivity contribution is 6.31. The number of carbonyl (C=O) groups excluding carboxylic acids is 1. The third kappa shape index (κ3) is 4.89. The number of aromatic nitrogens is 2. The first-order valence-electron chi connectivity index (χ1n) is 9.90. The number of benzene rings is 3. The van der Waals surface area contributed by atoms with Crippen LogP contribution in [0.3, 0.4) is 0 Å². The van der Waals surface area contributed by atoms with Crippen LogP contribution in [0, 0.1) is 5.82 Å². The lowest BCUT2D eigenvalue weighted by atomic mass is 10.1. The second-order valence-corrected chi connectivity index (χ2v) is 7.99. The molecule has 1 aromatic heterocycles. The standard InChI is InChI=1S/C24H20Cl2FN3O/c25-18-7-2-1-6-16(18)14-24(31)28-13-12-23-29-21-10-3-4-11-22(21)30(23)15-17-19(26)8-5-9-20(17)27/h1-11H,12-15H2,(H,28,31). The topological polar surface area (TPSA) is 46.9 Å². The molecule has 0 saturated heterocycles. The van der Waals surface area contributed by atoms with E-state index in [1.165, 1.54) is 6.07 Å². The number of hydrogen-bond donors (Lipinski definition) is 1. The van der Waals surface area contributed by atoms with E-state index in [0.29, 0.717) is 28.6 Å². The second kappa shape index (κ2) is 9.50. The molecule has 0 spiro atoms. The van der Waals surface area contributed by atoms with E-state index in [9.17, 15) is 9.18 Å². The Morgan fingerprint density at radius 2 is 1.71 bits per heavy atom. The molecule has 4 aromatic rings. The van der Waals surface area contributed by atoms with Crippen LogP contribution in [0.1, 0.15) is 17.0 Å². The average Bonchev–Trinajstić information content (AvgIpc) is 3.10. The normalized spacial score (nSPS) is 11.1. The highest BCUT2D eigenvalue weighted by Gasteiger charge is 2.15. The van der Waals surface area contributed by atoms with Gasteiger partial charge in [-0.3, -0.25) is 4.79 Å². The van der Waals surface area contributed by atoms with Gasteiger partial charge < -0.3 is 9.88 Å². The van der Waals surface area contributed by atoms with Gasteiger partial charge in [0, 0.05) is 28.6 Å². The summed E-state index contributed by atoms with van der Waals surface area (Å²) in [4.78, 5) is 17.0. The smallest absolute Gasteiger partial charge is 0.224 e. The van der Waals surface area contributed by atoms with Crippen molar-refractivity contribution in [3.05, 3.63) is 99.5 Å². The maximum Gasteiger partial charge on any atom is 0.224 e. The lowest BCUT2D eigenvalue weighted by molar-refractivity contribution is -0.120. The molecular weight excluding hydrogens is 436 g/mol. The molecule has 4 rings (SSSR count). The molecule has 3 aromatic carbocycles. The second-order valence-electron chi connectivity index (χ2n) is 7.17. The van der Waals surface area contributed by atoms with Gasteiger partial charge in [-0.2, -0.15) is 0 Å². The van der Waals surface area contributed by atoms with E-state index < -0.39 is 0 Å². The van der Waals surface area contributed by atoms with Crippen LogP contribution in [-0.4, -0.2) is 22.0 Å². The number of carbonyl (C=O) groups is 1. The molecule has 0 atom stereocenters. The van der Waals surface area contributed by atoms with Gasteiger partial charge in [0.15, 0.2) is 0 Å². The number of para-hydroxylation sites is 2. The fraction of sp³-hybridized carbons (Fsp3) is 0.167. The number of imidazole rings is 1. The lowest BCUT2D eigenvalue weighted by Gasteiger charge is -2.12. The number of nitrogens with zero attached hydrogens (tertiary/aromatic N) is 2. The summed E-state index contributed by atoms with van der Waals surface area (Å²) in [5.74, 6) is 0.274. The molecule has 0 bridgehead atoms. The van der Waals surface area contributed by atoms with E-state index in [-0.39, 0.29) is 24.7 Å². The minimum absolute atomic E-state index is 0.118. The predicted octanol–water partition coefficient (Wildman–Crippen LogP) is 5.43. The molecule has 0 aliphatic heterocycles. The maximum absolute atomic E-state index is 14.4. The van der Waals surface area contributed by atoms with Crippen molar-refractivity contribution in [3.8, 4) is 0 Å². The molecule has 158 valence electrons. The van der Waals surface area contributed by atoms with Crippen LogP contribution >= 0.6 is 23.2 Å². The van der Waals surface area contributed by atoms with Crippen molar-refractivity contribution >= 4 is 40.1 Å². The minimum atomic E-state index is -0.357. The van der Waals surface area contributed by atoms with E-state index in [2.05, 4.69) is 10.3 Å². The average molecular weight is 456 g/mol. The van der Waals surface area contributed by atoms with Crippen LogP contribution in [0.5, 0.6) is 0 Å². The summed E-state index contributed by atoms with van der Waals surface area (Å²) >= 11 is 12.4. The van der Waals surface area contributed by atoms with Crippen LogP contribution in [0.25, 0.3) is 11.0 Å². The summed E-state index contributed by atoms with van der Waals surface area (Å²) in [6.07, 6.45) is 0.704. The van der Waals surface area contributed by atoms with Crippen molar-refractivity contribution in [1.82, 2.24) is 14.9 Å². The maximum atomic E-state index is 14.4. The largest absolute Gasteiger partial charge is 0.355 e. The zero-order valence-electron chi connectivity index (χ0n) is 16.6. The first-order valence-corrected chi connectivity index (χ1v) is 10.7. The third-order valence-corrected chi connectivity index (χ3v) is 5.81. The summed E-state index contributed by atoms with van der Waals surface area (Å²) < 4.78 is 16.3. The van der Waals surface area contributed by atoms with E-state index in [1.807, 2.05) is 47.0 Å². The van der Waals surface area contributed by atoms with Gasteiger partial charge in [0.1, 0.15) is 11.6 Å². The van der Waals surface area contributed by atoms with Crippen molar-refractivity contribution < 1.29 is 9.18 Å². The molecule has 0 aliphatic carbocycles. The van der Waals surface area contributed by atoms with E-state index in [1.54, 1.807) is 18.2 Å². The fourth-order valence-electron chi connectivity index (χ4n) is 3.53. The molecule has 1 heterocycles. The number of fused-ring (bicyclic) bond motifs is 1. The molecule has 1 amide bonds. The number of hydrogen-bond acceptors (Lipinski definition) is 2. The fourth-order valence-corrected chi connectivity index (χ4v) is 3.95. The molecule has 0 unspecified atom stereocenters. The highest BCUT2D eigenvalue weighted by atomic mass is 35.5. The Kier molecular flexibility index (Phi) is 6.54. The molecule has 4 nitrogen and oxygen atoms in total. The zero-order chi connectivity index (χ0) is 21.8. The minimum Gasteiger partial charge on any atom is -0.355 e. The SMILES string of the molecule is O=C(Cc1ccccc1Cl)NCCc1nc2ccccc2n1Cc1c(F)cccc1Cl. The lowest BCUT2D eigenvalue weighted by Crippen LogP contribution is -2.28. The first kappa shape index (κ1) is 21.3. The van der Waals surface area contributed by atoms with Crippen molar-refractivity contribution in [3.63, 3.8) is 0 Å². The Morgan fingerprint density at radius 1 is 0.968 bits per heavy atom. The molecule has 0 radical (unpaired) electrons. The van der Waals surface area contributed by atoms with Gasteiger partial charge in [0.2, 0.25) is 5.91 Å². The molecule has 7 heteroatoms. The van der Waals surface area contributed by atoms with Gasteiger partial charge in [0.05, 0.1) is 24.0 Å². The Labute approximate surface area is 189 Å². The van der Waals surface area contributed by atoms with Crippen LogP contribution in [0.15, 0.2) is 66.7 Å².